The second-order valence-electron chi connectivity index (χ2n) is 7.62. The molecule has 6 nitrogen and oxygen atoms in total. The number of rotatable bonds is 6. The van der Waals surface area contributed by atoms with Gasteiger partial charge in [0.05, 0.1) is 20.8 Å². The van der Waals surface area contributed by atoms with Crippen molar-refractivity contribution >= 4 is 29.1 Å². The fourth-order valence-electron chi connectivity index (χ4n) is 3.86. The van der Waals surface area contributed by atoms with Gasteiger partial charge in [-0.2, -0.15) is 0 Å². The first kappa shape index (κ1) is 23.2. The molecule has 0 aliphatic carbocycles. The predicted octanol–water partition coefficient (Wildman–Crippen LogP) is 5.33. The Hall–Kier alpha value is -2.93. The van der Waals surface area contributed by atoms with Gasteiger partial charge in [0.25, 0.3) is 5.91 Å². The third kappa shape index (κ3) is 5.53. The molecule has 172 valence electrons. The van der Waals surface area contributed by atoms with E-state index in [9.17, 15) is 4.79 Å². The zero-order valence-corrected chi connectivity index (χ0v) is 19.8. The van der Waals surface area contributed by atoms with Gasteiger partial charge < -0.3 is 14.2 Å². The summed E-state index contributed by atoms with van der Waals surface area (Å²) < 4.78 is 17.4. The van der Waals surface area contributed by atoms with Gasteiger partial charge in [-0.1, -0.05) is 41.4 Å². The smallest absolute Gasteiger partial charge is 0.265 e. The molecule has 3 aromatic carbocycles. The Morgan fingerprint density at radius 1 is 0.970 bits per heavy atom. The minimum Gasteiger partial charge on any atom is -0.493 e. The highest BCUT2D eigenvalue weighted by Gasteiger charge is 2.28. The first-order valence-corrected chi connectivity index (χ1v) is 11.2. The number of nitrogens with zero attached hydrogens (tertiary/aromatic N) is 1. The predicted molar refractivity (Wildman–Crippen MR) is 129 cm³/mol. The van der Waals surface area contributed by atoms with E-state index in [2.05, 4.69) is 5.43 Å². The number of carbonyl (C=O) groups is 1. The van der Waals surface area contributed by atoms with E-state index in [1.54, 1.807) is 32.4 Å². The molecule has 1 unspecified atom stereocenters. The van der Waals surface area contributed by atoms with Gasteiger partial charge in [0, 0.05) is 27.7 Å². The van der Waals surface area contributed by atoms with Crippen molar-refractivity contribution < 1.29 is 19.0 Å². The first-order chi connectivity index (χ1) is 16.0. The molecule has 0 saturated carbocycles. The van der Waals surface area contributed by atoms with E-state index >= 15 is 0 Å². The van der Waals surface area contributed by atoms with Gasteiger partial charge in [-0.05, 0) is 54.4 Å². The number of ether oxygens (including phenoxy) is 3. The van der Waals surface area contributed by atoms with Crippen LogP contribution in [0.4, 0.5) is 0 Å². The third-order valence-corrected chi connectivity index (χ3v) is 5.87. The average molecular weight is 487 g/mol. The minimum atomic E-state index is -0.354. The summed E-state index contributed by atoms with van der Waals surface area (Å²) in [4.78, 5) is 12.9. The number of methoxy groups -OCH3 is 2. The van der Waals surface area contributed by atoms with Gasteiger partial charge in [0.15, 0.2) is 11.5 Å². The van der Waals surface area contributed by atoms with Gasteiger partial charge in [-0.25, -0.2) is 5.01 Å². The molecule has 33 heavy (non-hydrogen) atoms. The SMILES string of the molecule is COc1cc2c(cc1OC)C(Oc1ccccc1)CN(NC(=O)c1cc(Cl)cc(Cl)c1)CC2. The number of fused-ring (bicyclic) bond motifs is 1. The van der Waals surface area contributed by atoms with Crippen LogP contribution in [0.2, 0.25) is 10.0 Å². The van der Waals surface area contributed by atoms with E-state index in [4.69, 9.17) is 37.4 Å². The van der Waals surface area contributed by atoms with E-state index in [-0.39, 0.29) is 12.0 Å². The van der Waals surface area contributed by atoms with Crippen LogP contribution in [0, 0.1) is 0 Å². The van der Waals surface area contributed by atoms with Gasteiger partial charge in [-0.15, -0.1) is 0 Å². The Morgan fingerprint density at radius 2 is 1.64 bits per heavy atom. The lowest BCUT2D eigenvalue weighted by atomic mass is 10.00. The molecule has 1 atom stereocenters. The zero-order valence-electron chi connectivity index (χ0n) is 18.3. The summed E-state index contributed by atoms with van der Waals surface area (Å²) in [7, 11) is 3.22. The number of hydrogen-bond acceptors (Lipinski definition) is 5. The Balaban J connectivity index is 1.63. The molecule has 1 aliphatic rings. The largest absolute Gasteiger partial charge is 0.493 e. The van der Waals surface area contributed by atoms with Crippen LogP contribution in [0.25, 0.3) is 0 Å². The molecule has 4 rings (SSSR count). The van der Waals surface area contributed by atoms with Gasteiger partial charge >= 0.3 is 0 Å². The number of carbonyl (C=O) groups excluding carboxylic acids is 1. The number of hydrogen-bond donors (Lipinski definition) is 1. The fraction of sp³-hybridized carbons (Fsp3) is 0.240. The minimum absolute atomic E-state index is 0.293. The van der Waals surface area contributed by atoms with Crippen molar-refractivity contribution in [3.8, 4) is 17.2 Å². The molecule has 1 heterocycles. The lowest BCUT2D eigenvalue weighted by Gasteiger charge is -2.26. The van der Waals surface area contributed by atoms with Gasteiger partial charge in [-0.3, -0.25) is 10.2 Å². The Morgan fingerprint density at radius 3 is 2.30 bits per heavy atom. The number of hydrazine groups is 1. The normalized spacial score (nSPS) is 15.8. The van der Waals surface area contributed by atoms with Crippen LogP contribution >= 0.6 is 23.2 Å². The van der Waals surface area contributed by atoms with Crippen molar-refractivity contribution in [1.82, 2.24) is 10.4 Å². The maximum absolute atomic E-state index is 12.9. The number of benzene rings is 3. The number of halogens is 2. The molecule has 0 fully saturated rings. The lowest BCUT2D eigenvalue weighted by Crippen LogP contribution is -2.45. The van der Waals surface area contributed by atoms with Crippen LogP contribution in [0.1, 0.15) is 27.6 Å². The maximum atomic E-state index is 12.9. The number of amides is 1. The van der Waals surface area contributed by atoms with E-state index in [1.807, 2.05) is 47.5 Å². The van der Waals surface area contributed by atoms with Crippen LogP contribution in [-0.2, 0) is 6.42 Å². The quantitative estimate of drug-likeness (QED) is 0.509. The molecule has 0 spiro atoms. The molecule has 1 N–H and O–H groups in total. The summed E-state index contributed by atoms with van der Waals surface area (Å²) in [5.41, 5.74) is 5.41. The molecule has 0 radical (unpaired) electrons. The van der Waals surface area contributed by atoms with Crippen molar-refractivity contribution in [1.29, 1.82) is 0 Å². The summed E-state index contributed by atoms with van der Waals surface area (Å²) in [6.07, 6.45) is 0.328. The second-order valence-corrected chi connectivity index (χ2v) is 8.49. The highest BCUT2D eigenvalue weighted by Crippen LogP contribution is 2.37. The summed E-state index contributed by atoms with van der Waals surface area (Å²) >= 11 is 12.1. The topological polar surface area (TPSA) is 60.0 Å². The van der Waals surface area contributed by atoms with E-state index in [0.717, 1.165) is 16.9 Å². The summed E-state index contributed by atoms with van der Waals surface area (Å²) in [6.45, 7) is 1.01. The Labute approximate surface area is 202 Å². The molecule has 0 saturated heterocycles. The van der Waals surface area contributed by atoms with E-state index < -0.39 is 0 Å². The summed E-state index contributed by atoms with van der Waals surface area (Å²) in [5.74, 6) is 1.72. The van der Waals surface area contributed by atoms with Crippen molar-refractivity contribution in [2.45, 2.75) is 12.5 Å². The first-order valence-electron chi connectivity index (χ1n) is 10.5. The molecule has 3 aromatic rings. The lowest BCUT2D eigenvalue weighted by molar-refractivity contribution is 0.0683. The van der Waals surface area contributed by atoms with Crippen LogP contribution in [0.5, 0.6) is 17.2 Å². The summed E-state index contributed by atoms with van der Waals surface area (Å²) in [6, 6.07) is 18.3. The van der Waals surface area contributed by atoms with Crippen molar-refractivity contribution in [2.75, 3.05) is 27.3 Å². The molecule has 8 heteroatoms. The highest BCUT2D eigenvalue weighted by molar-refractivity contribution is 6.35. The second kappa shape index (κ2) is 10.3. The van der Waals surface area contributed by atoms with Crippen LogP contribution in [0.3, 0.4) is 0 Å². The zero-order chi connectivity index (χ0) is 23.4. The van der Waals surface area contributed by atoms with Crippen LogP contribution in [0.15, 0.2) is 60.7 Å². The van der Waals surface area contributed by atoms with Gasteiger partial charge in [0.1, 0.15) is 11.9 Å². The van der Waals surface area contributed by atoms with E-state index in [0.29, 0.717) is 46.6 Å². The fourth-order valence-corrected chi connectivity index (χ4v) is 4.38. The molecule has 0 aromatic heterocycles. The van der Waals surface area contributed by atoms with Crippen LogP contribution < -0.4 is 19.6 Å². The Bertz CT molecular complexity index is 1120. The van der Waals surface area contributed by atoms with Crippen molar-refractivity contribution in [3.05, 3.63) is 87.4 Å². The average Bonchev–Trinajstić information content (AvgIpc) is 2.97. The molecular weight excluding hydrogens is 463 g/mol. The third-order valence-electron chi connectivity index (χ3n) is 5.44. The van der Waals surface area contributed by atoms with Crippen molar-refractivity contribution in [2.24, 2.45) is 0 Å². The highest BCUT2D eigenvalue weighted by atomic mass is 35.5. The van der Waals surface area contributed by atoms with Gasteiger partial charge in [0.2, 0.25) is 0 Å². The number of para-hydroxylation sites is 1. The molecular formula is C25H24Cl2N2O4. The standard InChI is InChI=1S/C25H24Cl2N2O4/c1-31-22-12-16-8-9-29(28-25(30)17-10-18(26)13-19(27)11-17)15-24(21(16)14-23(22)32-2)33-20-6-4-3-5-7-20/h3-7,10-14,24H,8-9,15H2,1-2H3,(H,28,30). The molecule has 0 bridgehead atoms. The van der Waals surface area contributed by atoms with E-state index in [1.165, 1.54) is 0 Å². The molecule has 1 amide bonds. The number of nitrogens with one attached hydrogen (secondary N) is 1. The monoisotopic (exact) mass is 486 g/mol. The maximum Gasteiger partial charge on any atom is 0.265 e. The molecule has 1 aliphatic heterocycles. The van der Waals surface area contributed by atoms with Crippen molar-refractivity contribution in [3.63, 3.8) is 0 Å². The Kier molecular flexibility index (Phi) is 7.28. The summed E-state index contributed by atoms with van der Waals surface area (Å²) in [5, 5.41) is 2.66. The van der Waals surface area contributed by atoms with Crippen LogP contribution in [-0.4, -0.2) is 38.2 Å².